The van der Waals surface area contributed by atoms with E-state index in [9.17, 15) is 18.4 Å². The highest BCUT2D eigenvalue weighted by Gasteiger charge is 2.38. The number of aromatic nitrogens is 4. The Bertz CT molecular complexity index is 1310. The van der Waals surface area contributed by atoms with Gasteiger partial charge in [-0.1, -0.05) is 12.1 Å². The van der Waals surface area contributed by atoms with Crippen LogP contribution in [0.15, 0.2) is 30.3 Å². The van der Waals surface area contributed by atoms with Crippen LogP contribution in [0.2, 0.25) is 0 Å². The quantitative estimate of drug-likeness (QED) is 0.516. The van der Waals surface area contributed by atoms with E-state index in [-0.39, 0.29) is 23.8 Å². The summed E-state index contributed by atoms with van der Waals surface area (Å²) in [6.45, 7) is 2.33. The number of nitrogens with zero attached hydrogens (tertiary/aromatic N) is 5. The number of imidazole rings is 1. The summed E-state index contributed by atoms with van der Waals surface area (Å²) >= 11 is 0. The molecular formula is C25H29F2N7O3. The van der Waals surface area contributed by atoms with Gasteiger partial charge >= 0.3 is 6.09 Å². The van der Waals surface area contributed by atoms with Crippen molar-refractivity contribution in [1.82, 2.24) is 29.7 Å². The first-order chi connectivity index (χ1) is 17.8. The molecule has 0 unspecified atom stereocenters. The summed E-state index contributed by atoms with van der Waals surface area (Å²) < 4.78 is 33.6. The van der Waals surface area contributed by atoms with E-state index in [0.717, 1.165) is 25.7 Å². The van der Waals surface area contributed by atoms with Gasteiger partial charge in [0.1, 0.15) is 23.5 Å². The van der Waals surface area contributed by atoms with Crippen LogP contribution in [0.4, 0.5) is 19.4 Å². The average Bonchev–Trinajstić information content (AvgIpc) is 3.45. The maximum absolute atomic E-state index is 13.8. The molecule has 5 rings (SSSR count). The molecule has 2 fully saturated rings. The highest BCUT2D eigenvalue weighted by atomic mass is 19.3. The van der Waals surface area contributed by atoms with Gasteiger partial charge in [-0.05, 0) is 51.2 Å². The van der Waals surface area contributed by atoms with Crippen molar-refractivity contribution in [1.29, 1.82) is 0 Å². The molecule has 0 bridgehead atoms. The lowest BCUT2D eigenvalue weighted by Gasteiger charge is -2.35. The SMILES string of the molecule is COC(=O)N[C@@H]1CCN([C@H]2CC[C@H](Nc3cc(-n4c(C(F)F)nc5ccccc54)nc(C)n3)CC2)C1=O. The molecule has 10 nitrogen and oxygen atoms in total. The Morgan fingerprint density at radius 3 is 2.59 bits per heavy atom. The molecule has 2 N–H and O–H groups in total. The number of hydrogen-bond donors (Lipinski definition) is 2. The van der Waals surface area contributed by atoms with E-state index in [2.05, 4.69) is 30.3 Å². The van der Waals surface area contributed by atoms with E-state index in [4.69, 9.17) is 0 Å². The Labute approximate surface area is 212 Å². The van der Waals surface area contributed by atoms with Crippen molar-refractivity contribution in [2.75, 3.05) is 19.0 Å². The summed E-state index contributed by atoms with van der Waals surface area (Å²) in [6.07, 6.45) is 0.469. The molecule has 37 heavy (non-hydrogen) atoms. The highest BCUT2D eigenvalue weighted by Crippen LogP contribution is 2.30. The number of aryl methyl sites for hydroxylation is 1. The van der Waals surface area contributed by atoms with Gasteiger partial charge in [-0.3, -0.25) is 9.36 Å². The second kappa shape index (κ2) is 10.3. The maximum Gasteiger partial charge on any atom is 0.407 e. The molecule has 2 aliphatic rings. The van der Waals surface area contributed by atoms with E-state index < -0.39 is 18.6 Å². The highest BCUT2D eigenvalue weighted by molar-refractivity contribution is 5.87. The van der Waals surface area contributed by atoms with E-state index in [1.54, 1.807) is 37.3 Å². The number of alkyl halides is 2. The average molecular weight is 514 g/mol. The predicted octanol–water partition coefficient (Wildman–Crippen LogP) is 3.74. The fraction of sp³-hybridized carbons (Fsp3) is 0.480. The van der Waals surface area contributed by atoms with Crippen LogP contribution < -0.4 is 10.6 Å². The molecule has 3 heterocycles. The van der Waals surface area contributed by atoms with Crippen LogP contribution in [0.25, 0.3) is 16.9 Å². The number of para-hydroxylation sites is 2. The zero-order chi connectivity index (χ0) is 26.1. The number of carbonyl (C=O) groups is 2. The summed E-state index contributed by atoms with van der Waals surface area (Å²) in [5.41, 5.74) is 1.03. The minimum Gasteiger partial charge on any atom is -0.453 e. The van der Waals surface area contributed by atoms with Gasteiger partial charge in [0, 0.05) is 24.7 Å². The Hall–Kier alpha value is -3.83. The lowest BCUT2D eigenvalue weighted by Crippen LogP contribution is -2.46. The van der Waals surface area contributed by atoms with E-state index in [1.165, 1.54) is 11.7 Å². The lowest BCUT2D eigenvalue weighted by molar-refractivity contribution is -0.131. The van der Waals surface area contributed by atoms with Crippen LogP contribution in [0, 0.1) is 6.92 Å². The zero-order valence-electron chi connectivity index (χ0n) is 20.7. The van der Waals surface area contributed by atoms with Gasteiger partial charge in [-0.15, -0.1) is 0 Å². The summed E-state index contributed by atoms with van der Waals surface area (Å²) in [4.78, 5) is 39.1. The Morgan fingerprint density at radius 2 is 1.86 bits per heavy atom. The van der Waals surface area contributed by atoms with Gasteiger partial charge in [0.2, 0.25) is 5.91 Å². The molecule has 12 heteroatoms. The molecule has 196 valence electrons. The Morgan fingerprint density at radius 1 is 1.11 bits per heavy atom. The van der Waals surface area contributed by atoms with Crippen LogP contribution in [0.3, 0.4) is 0 Å². The molecule has 1 saturated carbocycles. The summed E-state index contributed by atoms with van der Waals surface area (Å²) in [6, 6.07) is 8.34. The second-order valence-corrected chi connectivity index (χ2v) is 9.41. The number of carbonyl (C=O) groups excluding carboxylic acids is 2. The van der Waals surface area contributed by atoms with Gasteiger partial charge < -0.3 is 20.3 Å². The molecular weight excluding hydrogens is 484 g/mol. The number of amides is 2. The van der Waals surface area contributed by atoms with Crippen LogP contribution >= 0.6 is 0 Å². The van der Waals surface area contributed by atoms with Gasteiger partial charge in [-0.2, -0.15) is 0 Å². The van der Waals surface area contributed by atoms with E-state index in [0.29, 0.717) is 41.5 Å². The number of halogens is 2. The molecule has 1 aromatic carbocycles. The van der Waals surface area contributed by atoms with Crippen LogP contribution in [-0.2, 0) is 9.53 Å². The van der Waals surface area contributed by atoms with E-state index >= 15 is 0 Å². The third-order valence-electron chi connectivity index (χ3n) is 7.04. The van der Waals surface area contributed by atoms with Crippen molar-refractivity contribution < 1.29 is 23.1 Å². The number of nitrogens with one attached hydrogen (secondary N) is 2. The van der Waals surface area contributed by atoms with Gasteiger partial charge in [0.05, 0.1) is 18.1 Å². The first-order valence-electron chi connectivity index (χ1n) is 12.4. The predicted molar refractivity (Wildman–Crippen MR) is 132 cm³/mol. The van der Waals surface area contributed by atoms with Gasteiger partial charge in [-0.25, -0.2) is 28.5 Å². The Balaban J connectivity index is 1.27. The number of ether oxygens (including phenoxy) is 1. The molecule has 1 saturated heterocycles. The fourth-order valence-corrected chi connectivity index (χ4v) is 5.31. The molecule has 1 aliphatic carbocycles. The topological polar surface area (TPSA) is 114 Å². The largest absolute Gasteiger partial charge is 0.453 e. The summed E-state index contributed by atoms with van der Waals surface area (Å²) in [5, 5.41) is 6.04. The standard InChI is InChI=1S/C25H29F2N7O3/c1-14-28-20(13-21(29-14)34-19-6-4-3-5-17(19)31-23(34)22(26)27)30-15-7-9-16(10-8-15)33-12-11-18(24(33)35)32-25(36)37-2/h3-6,13,15-16,18,22H,7-12H2,1-2H3,(H,32,36)(H,28,29,30)/t15-,16-,18-/m1/s1. The second-order valence-electron chi connectivity index (χ2n) is 9.41. The minimum absolute atomic E-state index is 0.0692. The molecule has 1 aliphatic heterocycles. The number of rotatable bonds is 6. The minimum atomic E-state index is -2.76. The van der Waals surface area contributed by atoms with Crippen molar-refractivity contribution >= 4 is 28.9 Å². The van der Waals surface area contributed by atoms with Gasteiger partial charge in [0.15, 0.2) is 5.82 Å². The first-order valence-corrected chi connectivity index (χ1v) is 12.4. The van der Waals surface area contributed by atoms with Crippen LogP contribution in [0.1, 0.15) is 50.2 Å². The zero-order valence-corrected chi connectivity index (χ0v) is 20.7. The Kier molecular flexibility index (Phi) is 6.90. The van der Waals surface area contributed by atoms with Crippen LogP contribution in [-0.4, -0.2) is 68.2 Å². The number of anilines is 1. The van der Waals surface area contributed by atoms with Crippen molar-refractivity contribution in [3.8, 4) is 5.82 Å². The third-order valence-corrected chi connectivity index (χ3v) is 7.04. The third kappa shape index (κ3) is 5.05. The molecule has 2 aromatic heterocycles. The van der Waals surface area contributed by atoms with Crippen LogP contribution in [0.5, 0.6) is 0 Å². The fourth-order valence-electron chi connectivity index (χ4n) is 5.31. The number of benzene rings is 1. The lowest BCUT2D eigenvalue weighted by atomic mass is 9.90. The smallest absolute Gasteiger partial charge is 0.407 e. The number of alkyl carbamates (subject to hydrolysis) is 1. The van der Waals surface area contributed by atoms with Gasteiger partial charge in [0.25, 0.3) is 6.43 Å². The van der Waals surface area contributed by atoms with Crippen molar-refractivity contribution in [3.63, 3.8) is 0 Å². The van der Waals surface area contributed by atoms with Crippen molar-refractivity contribution in [3.05, 3.63) is 42.0 Å². The monoisotopic (exact) mass is 513 g/mol. The number of likely N-dealkylation sites (tertiary alicyclic amines) is 1. The first kappa shape index (κ1) is 24.8. The normalized spacial score (nSPS) is 22.0. The number of methoxy groups -OCH3 is 1. The van der Waals surface area contributed by atoms with Crippen molar-refractivity contribution in [2.45, 2.75) is 63.6 Å². The van der Waals surface area contributed by atoms with E-state index in [1.807, 2.05) is 4.90 Å². The summed E-state index contributed by atoms with van der Waals surface area (Å²) in [5.74, 6) is 0.919. The number of fused-ring (bicyclic) bond motifs is 1. The molecule has 0 spiro atoms. The summed E-state index contributed by atoms with van der Waals surface area (Å²) in [7, 11) is 1.28. The molecule has 2 amide bonds. The molecule has 1 atom stereocenters. The molecule has 0 radical (unpaired) electrons. The van der Waals surface area contributed by atoms with Crippen molar-refractivity contribution in [2.24, 2.45) is 0 Å². The number of hydrogen-bond acceptors (Lipinski definition) is 7. The molecule has 3 aromatic rings. The maximum atomic E-state index is 13.8.